The van der Waals surface area contributed by atoms with Crippen LogP contribution in [0.5, 0.6) is 5.75 Å². The van der Waals surface area contributed by atoms with E-state index in [1.165, 1.54) is 16.8 Å². The molecule has 0 N–H and O–H groups in total. The fraction of sp³-hybridized carbons (Fsp3) is 0.300. The van der Waals surface area contributed by atoms with E-state index in [1.54, 1.807) is 0 Å². The Balaban J connectivity index is 1.65. The summed E-state index contributed by atoms with van der Waals surface area (Å²) in [6.45, 7) is 0.424. The van der Waals surface area contributed by atoms with Gasteiger partial charge >= 0.3 is 0 Å². The third kappa shape index (κ3) is 2.64. The monoisotopic (exact) mass is 386 g/mol. The number of hydrogen-bond donors (Lipinski definition) is 0. The summed E-state index contributed by atoms with van der Waals surface area (Å²) in [7, 11) is 0. The zero-order valence-electron chi connectivity index (χ0n) is 14.3. The lowest BCUT2D eigenvalue weighted by atomic mass is 9.98. The van der Waals surface area contributed by atoms with Gasteiger partial charge in [0, 0.05) is 23.5 Å². The minimum Gasteiger partial charge on any atom is -0.493 e. The summed E-state index contributed by atoms with van der Waals surface area (Å²) >= 11 is 1.30. The van der Waals surface area contributed by atoms with Gasteiger partial charge in [-0.1, -0.05) is 30.0 Å². The number of amides is 1. The van der Waals surface area contributed by atoms with Crippen LogP contribution in [-0.4, -0.2) is 22.6 Å². The first-order chi connectivity index (χ1) is 13.1. The number of halogens is 2. The highest BCUT2D eigenvalue weighted by atomic mass is 32.2. The predicted molar refractivity (Wildman–Crippen MR) is 98.3 cm³/mol. The van der Waals surface area contributed by atoms with Crippen LogP contribution in [0.1, 0.15) is 30.4 Å². The van der Waals surface area contributed by atoms with Crippen LogP contribution < -0.4 is 4.74 Å². The minimum absolute atomic E-state index is 0.0436. The van der Waals surface area contributed by atoms with Crippen LogP contribution in [0, 0.1) is 17.6 Å². The Morgan fingerprint density at radius 2 is 2.04 bits per heavy atom. The van der Waals surface area contributed by atoms with Crippen molar-refractivity contribution in [3.63, 3.8) is 0 Å². The molecule has 1 amide bonds. The molecule has 0 radical (unpaired) electrons. The quantitative estimate of drug-likeness (QED) is 0.775. The minimum atomic E-state index is -0.789. The van der Waals surface area contributed by atoms with Gasteiger partial charge in [0.2, 0.25) is 5.91 Å². The van der Waals surface area contributed by atoms with Gasteiger partial charge in [-0.05, 0) is 37.1 Å². The molecule has 0 bridgehead atoms. The van der Waals surface area contributed by atoms with Gasteiger partial charge in [0.05, 0.1) is 6.61 Å². The molecular formula is C20H16F2N2O2S. The average molecular weight is 386 g/mol. The highest BCUT2D eigenvalue weighted by Crippen LogP contribution is 2.55. The Kier molecular flexibility index (Phi) is 3.75. The van der Waals surface area contributed by atoms with Crippen LogP contribution in [0.3, 0.4) is 0 Å². The maximum absolute atomic E-state index is 14.4. The largest absolute Gasteiger partial charge is 0.493 e. The van der Waals surface area contributed by atoms with Crippen molar-refractivity contribution >= 4 is 22.7 Å². The summed E-state index contributed by atoms with van der Waals surface area (Å²) in [4.78, 5) is 12.2. The second-order valence-electron chi connectivity index (χ2n) is 6.93. The number of fused-ring (bicyclic) bond motifs is 2. The maximum atomic E-state index is 14.4. The van der Waals surface area contributed by atoms with Gasteiger partial charge < -0.3 is 4.74 Å². The highest BCUT2D eigenvalue weighted by molar-refractivity contribution is 8.15. The molecule has 4 nitrogen and oxygen atoms in total. The zero-order chi connectivity index (χ0) is 18.6. The number of benzene rings is 2. The topological polar surface area (TPSA) is 41.9 Å². The van der Waals surface area contributed by atoms with Crippen LogP contribution in [0.2, 0.25) is 0 Å². The van der Waals surface area contributed by atoms with Crippen molar-refractivity contribution in [1.82, 2.24) is 5.01 Å². The molecule has 0 saturated heterocycles. The molecule has 3 aliphatic rings. The molecule has 7 heteroatoms. The Hall–Kier alpha value is -2.41. The number of thioether (sulfide) groups is 1. The lowest BCUT2D eigenvalue weighted by molar-refractivity contribution is -0.136. The SMILES string of the molecule is O=C(C1CC1)N1N=C(c2cc(F)ccc2F)SC12CCOc1ccccc12. The van der Waals surface area contributed by atoms with Gasteiger partial charge in [-0.25, -0.2) is 13.8 Å². The van der Waals surface area contributed by atoms with E-state index in [9.17, 15) is 13.6 Å². The molecule has 1 unspecified atom stereocenters. The van der Waals surface area contributed by atoms with Gasteiger partial charge in [0.25, 0.3) is 0 Å². The first-order valence-corrected chi connectivity index (χ1v) is 9.69. The van der Waals surface area contributed by atoms with Crippen molar-refractivity contribution in [3.8, 4) is 5.75 Å². The van der Waals surface area contributed by atoms with Gasteiger partial charge in [-0.2, -0.15) is 5.10 Å². The molecular weight excluding hydrogens is 370 g/mol. The number of nitrogens with zero attached hydrogens (tertiary/aromatic N) is 2. The number of ether oxygens (including phenoxy) is 1. The molecule has 1 spiro atoms. The molecule has 5 rings (SSSR count). The van der Waals surface area contributed by atoms with Crippen molar-refractivity contribution < 1.29 is 18.3 Å². The Bertz CT molecular complexity index is 976. The van der Waals surface area contributed by atoms with E-state index >= 15 is 0 Å². The van der Waals surface area contributed by atoms with E-state index in [2.05, 4.69) is 5.10 Å². The van der Waals surface area contributed by atoms with Gasteiger partial charge in [-0.3, -0.25) is 4.79 Å². The van der Waals surface area contributed by atoms with Gasteiger partial charge in [0.1, 0.15) is 27.3 Å². The van der Waals surface area contributed by atoms with E-state index in [-0.39, 0.29) is 17.4 Å². The smallest absolute Gasteiger partial charge is 0.247 e. The number of hydrazone groups is 1. The lowest BCUT2D eigenvalue weighted by Gasteiger charge is -2.39. The number of carbonyl (C=O) groups is 1. The second kappa shape index (κ2) is 6.05. The molecule has 27 heavy (non-hydrogen) atoms. The maximum Gasteiger partial charge on any atom is 0.247 e. The Labute approximate surface area is 159 Å². The van der Waals surface area contributed by atoms with Crippen LogP contribution in [0.25, 0.3) is 0 Å². The predicted octanol–water partition coefficient (Wildman–Crippen LogP) is 4.25. The normalized spacial score (nSPS) is 23.8. The van der Waals surface area contributed by atoms with E-state index in [1.807, 2.05) is 24.3 Å². The summed E-state index contributed by atoms with van der Waals surface area (Å²) in [6, 6.07) is 10.8. The molecule has 1 fully saturated rings. The molecule has 138 valence electrons. The van der Waals surface area contributed by atoms with Crippen molar-refractivity contribution in [2.24, 2.45) is 11.0 Å². The lowest BCUT2D eigenvalue weighted by Crippen LogP contribution is -2.45. The molecule has 2 aliphatic heterocycles. The first-order valence-electron chi connectivity index (χ1n) is 8.88. The van der Waals surface area contributed by atoms with E-state index in [4.69, 9.17) is 4.74 Å². The molecule has 1 atom stereocenters. The molecule has 1 aliphatic carbocycles. The summed E-state index contributed by atoms with van der Waals surface area (Å²) < 4.78 is 33.9. The third-order valence-corrected chi connectivity index (χ3v) is 6.53. The molecule has 1 saturated carbocycles. The highest BCUT2D eigenvalue weighted by Gasteiger charge is 2.54. The third-order valence-electron chi connectivity index (χ3n) is 5.10. The number of hydrogen-bond acceptors (Lipinski definition) is 4. The van der Waals surface area contributed by atoms with Crippen molar-refractivity contribution in [3.05, 3.63) is 65.2 Å². The van der Waals surface area contributed by atoms with Gasteiger partial charge in [-0.15, -0.1) is 0 Å². The number of rotatable bonds is 2. The number of carbonyl (C=O) groups excluding carboxylic acids is 1. The van der Waals surface area contributed by atoms with Crippen molar-refractivity contribution in [1.29, 1.82) is 0 Å². The zero-order valence-corrected chi connectivity index (χ0v) is 15.1. The fourth-order valence-electron chi connectivity index (χ4n) is 3.57. The standard InChI is InChI=1S/C20H16F2N2O2S/c21-13-7-8-16(22)14(11-13)18-23-24(19(25)12-5-6-12)20(27-18)9-10-26-17-4-2-1-3-15(17)20/h1-4,7-8,11-12H,5-6,9-10H2. The van der Waals surface area contributed by atoms with Crippen molar-refractivity contribution in [2.45, 2.75) is 24.1 Å². The Morgan fingerprint density at radius 1 is 1.22 bits per heavy atom. The van der Waals surface area contributed by atoms with Gasteiger partial charge in [0.15, 0.2) is 0 Å². The molecule has 2 aromatic carbocycles. The summed E-state index contributed by atoms with van der Waals surface area (Å²) in [5, 5.41) is 6.31. The van der Waals surface area contributed by atoms with E-state index in [0.717, 1.165) is 36.6 Å². The second-order valence-corrected chi connectivity index (χ2v) is 8.20. The summed E-state index contributed by atoms with van der Waals surface area (Å²) in [5.74, 6) is -0.507. The van der Waals surface area contributed by atoms with Crippen LogP contribution in [0.15, 0.2) is 47.6 Å². The molecule has 0 aromatic heterocycles. The number of para-hydroxylation sites is 1. The molecule has 2 heterocycles. The van der Waals surface area contributed by atoms with Crippen LogP contribution >= 0.6 is 11.8 Å². The Morgan fingerprint density at radius 3 is 2.85 bits per heavy atom. The summed E-state index contributed by atoms with van der Waals surface area (Å²) in [5.41, 5.74) is 0.917. The first kappa shape index (κ1) is 16.7. The van der Waals surface area contributed by atoms with E-state index < -0.39 is 16.5 Å². The van der Waals surface area contributed by atoms with Crippen LogP contribution in [0.4, 0.5) is 8.78 Å². The average Bonchev–Trinajstić information content (AvgIpc) is 3.46. The van der Waals surface area contributed by atoms with E-state index in [0.29, 0.717) is 23.8 Å². The summed E-state index contributed by atoms with van der Waals surface area (Å²) in [6.07, 6.45) is 2.21. The fourth-order valence-corrected chi connectivity index (χ4v) is 4.96. The molecule has 2 aromatic rings. The van der Waals surface area contributed by atoms with Crippen molar-refractivity contribution in [2.75, 3.05) is 6.61 Å². The van der Waals surface area contributed by atoms with Crippen LogP contribution in [-0.2, 0) is 9.67 Å².